The molecule has 5 rings (SSSR count). The number of amides is 2. The molecule has 4 aliphatic rings. The van der Waals surface area contributed by atoms with Crippen LogP contribution in [-0.4, -0.2) is 17.8 Å². The Labute approximate surface area is 150 Å². The van der Waals surface area contributed by atoms with Crippen LogP contribution >= 0.6 is 0 Å². The van der Waals surface area contributed by atoms with Gasteiger partial charge in [0.25, 0.3) is 0 Å². The first-order valence-electron chi connectivity index (χ1n) is 9.10. The Morgan fingerprint density at radius 3 is 2.23 bits per heavy atom. The predicted octanol–water partition coefficient (Wildman–Crippen LogP) is 4.31. The minimum absolute atomic E-state index is 0.0740. The Morgan fingerprint density at radius 2 is 1.65 bits per heavy atom. The molecule has 4 nitrogen and oxygen atoms in total. The molecule has 0 unspecified atom stereocenters. The van der Waals surface area contributed by atoms with E-state index in [4.69, 9.17) is 0 Å². The first kappa shape index (κ1) is 17.4. The summed E-state index contributed by atoms with van der Waals surface area (Å²) in [4.78, 5) is 12.2. The smallest absolute Gasteiger partial charge is 0.331 e. The minimum atomic E-state index is -4.45. The van der Waals surface area contributed by atoms with Gasteiger partial charge >= 0.3 is 12.2 Å². The fraction of sp³-hybridized carbons (Fsp3) is 0.579. The standard InChI is InChI=1S/C19H22F3N3O/c20-19(21,22)16-4-2-1-3-15(16)11-23-25-17(26)24-18-8-12-5-13(9-18)7-14(6-12)10-18/h1-4,11-14H,5-10H2,(H2,24,25,26)/b23-11+. The zero-order chi connectivity index (χ0) is 18.4. The lowest BCUT2D eigenvalue weighted by Gasteiger charge is -2.56. The van der Waals surface area contributed by atoms with E-state index in [9.17, 15) is 18.0 Å². The molecule has 0 aromatic heterocycles. The van der Waals surface area contributed by atoms with Crippen molar-refractivity contribution in [3.8, 4) is 0 Å². The second-order valence-electron chi connectivity index (χ2n) is 8.11. The van der Waals surface area contributed by atoms with E-state index in [1.807, 2.05) is 0 Å². The van der Waals surface area contributed by atoms with Crippen molar-refractivity contribution in [2.75, 3.05) is 0 Å². The summed E-state index contributed by atoms with van der Waals surface area (Å²) in [6.07, 6.45) is 3.43. The lowest BCUT2D eigenvalue weighted by Crippen LogP contribution is -2.61. The molecule has 0 atom stereocenters. The van der Waals surface area contributed by atoms with Gasteiger partial charge in [-0.2, -0.15) is 18.3 Å². The highest BCUT2D eigenvalue weighted by atomic mass is 19.4. The molecule has 0 radical (unpaired) electrons. The zero-order valence-corrected chi connectivity index (χ0v) is 14.4. The van der Waals surface area contributed by atoms with E-state index in [2.05, 4.69) is 15.8 Å². The van der Waals surface area contributed by atoms with Gasteiger partial charge in [0, 0.05) is 11.1 Å². The molecule has 0 spiro atoms. The van der Waals surface area contributed by atoms with E-state index in [0.717, 1.165) is 31.5 Å². The van der Waals surface area contributed by atoms with Crippen molar-refractivity contribution in [1.82, 2.24) is 10.7 Å². The molecule has 0 heterocycles. The maximum atomic E-state index is 13.0. The molecular formula is C19H22F3N3O. The van der Waals surface area contributed by atoms with Gasteiger partial charge in [0.05, 0.1) is 11.8 Å². The van der Waals surface area contributed by atoms with Crippen LogP contribution in [0, 0.1) is 17.8 Å². The number of hydrogen-bond acceptors (Lipinski definition) is 2. The molecule has 2 N–H and O–H groups in total. The quantitative estimate of drug-likeness (QED) is 0.609. The van der Waals surface area contributed by atoms with Crippen LogP contribution in [0.2, 0.25) is 0 Å². The molecule has 4 bridgehead atoms. The molecule has 4 fully saturated rings. The van der Waals surface area contributed by atoms with Gasteiger partial charge in [0.1, 0.15) is 0 Å². The number of nitrogens with zero attached hydrogens (tertiary/aromatic N) is 1. The summed E-state index contributed by atoms with van der Waals surface area (Å²) < 4.78 is 38.9. The van der Waals surface area contributed by atoms with Crippen molar-refractivity contribution in [3.63, 3.8) is 0 Å². The Morgan fingerprint density at radius 1 is 1.08 bits per heavy atom. The minimum Gasteiger partial charge on any atom is -0.331 e. The maximum absolute atomic E-state index is 13.0. The Bertz CT molecular complexity index is 694. The normalized spacial score (nSPS) is 32.8. The Balaban J connectivity index is 1.39. The monoisotopic (exact) mass is 365 g/mol. The van der Waals surface area contributed by atoms with E-state index in [-0.39, 0.29) is 11.1 Å². The Kier molecular flexibility index (Phi) is 4.20. The number of benzene rings is 1. The lowest BCUT2D eigenvalue weighted by atomic mass is 9.53. The highest BCUT2D eigenvalue weighted by Crippen LogP contribution is 2.55. The SMILES string of the molecule is O=C(N/N=C/c1ccccc1C(F)(F)F)NC12CC3CC(CC(C3)C1)C2. The lowest BCUT2D eigenvalue weighted by molar-refractivity contribution is -0.137. The van der Waals surface area contributed by atoms with Crippen molar-refractivity contribution in [2.24, 2.45) is 22.9 Å². The van der Waals surface area contributed by atoms with Crippen molar-refractivity contribution in [3.05, 3.63) is 35.4 Å². The first-order valence-corrected chi connectivity index (χ1v) is 9.10. The zero-order valence-electron chi connectivity index (χ0n) is 14.4. The van der Waals surface area contributed by atoms with Gasteiger partial charge in [-0.25, -0.2) is 10.2 Å². The van der Waals surface area contributed by atoms with E-state index >= 15 is 0 Å². The number of hydrazone groups is 1. The van der Waals surface area contributed by atoms with Crippen molar-refractivity contribution in [1.29, 1.82) is 0 Å². The molecule has 4 saturated carbocycles. The average Bonchev–Trinajstić information content (AvgIpc) is 2.52. The summed E-state index contributed by atoms with van der Waals surface area (Å²) in [5, 5.41) is 6.80. The van der Waals surface area contributed by atoms with Crippen molar-refractivity contribution >= 4 is 12.2 Å². The fourth-order valence-electron chi connectivity index (χ4n) is 5.56. The molecular weight excluding hydrogens is 343 g/mol. The van der Waals surface area contributed by atoms with E-state index in [1.165, 1.54) is 37.5 Å². The molecule has 0 aliphatic heterocycles. The van der Waals surface area contributed by atoms with Gasteiger partial charge in [0.15, 0.2) is 0 Å². The van der Waals surface area contributed by atoms with Crippen molar-refractivity contribution in [2.45, 2.75) is 50.2 Å². The Hall–Kier alpha value is -2.05. The number of rotatable bonds is 3. The molecule has 0 saturated heterocycles. The van der Waals surface area contributed by atoms with Crippen LogP contribution in [0.25, 0.3) is 0 Å². The first-order chi connectivity index (χ1) is 12.3. The summed E-state index contributed by atoms with van der Waals surface area (Å²) in [6, 6.07) is 4.72. The summed E-state index contributed by atoms with van der Waals surface area (Å²) >= 11 is 0. The molecule has 1 aromatic rings. The molecule has 26 heavy (non-hydrogen) atoms. The van der Waals surface area contributed by atoms with Crippen LogP contribution in [-0.2, 0) is 6.18 Å². The number of nitrogens with one attached hydrogen (secondary N) is 2. The second-order valence-corrected chi connectivity index (χ2v) is 8.11. The predicted molar refractivity (Wildman–Crippen MR) is 91.6 cm³/mol. The molecule has 4 aliphatic carbocycles. The van der Waals surface area contributed by atoms with Crippen LogP contribution in [0.3, 0.4) is 0 Å². The molecule has 7 heteroatoms. The van der Waals surface area contributed by atoms with Gasteiger partial charge in [0.2, 0.25) is 0 Å². The number of carbonyl (C=O) groups is 1. The van der Waals surface area contributed by atoms with Crippen LogP contribution in [0.1, 0.15) is 49.7 Å². The fourth-order valence-corrected chi connectivity index (χ4v) is 5.56. The molecule has 140 valence electrons. The summed E-state index contributed by atoms with van der Waals surface area (Å²) in [5.74, 6) is 2.09. The maximum Gasteiger partial charge on any atom is 0.417 e. The topological polar surface area (TPSA) is 53.5 Å². The average molecular weight is 365 g/mol. The summed E-state index contributed by atoms with van der Waals surface area (Å²) in [6.45, 7) is 0. The third kappa shape index (κ3) is 3.44. The summed E-state index contributed by atoms with van der Waals surface area (Å²) in [7, 11) is 0. The number of carbonyl (C=O) groups excluding carboxylic acids is 1. The summed E-state index contributed by atoms with van der Waals surface area (Å²) in [5.41, 5.74) is 1.34. The molecule has 1 aromatic carbocycles. The second kappa shape index (κ2) is 6.28. The van der Waals surface area contributed by atoms with Crippen LogP contribution < -0.4 is 10.7 Å². The van der Waals surface area contributed by atoms with Crippen LogP contribution in [0.4, 0.5) is 18.0 Å². The highest BCUT2D eigenvalue weighted by Gasteiger charge is 2.51. The van der Waals surface area contributed by atoms with Gasteiger partial charge in [-0.1, -0.05) is 18.2 Å². The van der Waals surface area contributed by atoms with Crippen molar-refractivity contribution < 1.29 is 18.0 Å². The van der Waals surface area contributed by atoms with E-state index in [0.29, 0.717) is 17.8 Å². The third-order valence-electron chi connectivity index (χ3n) is 6.05. The van der Waals surface area contributed by atoms with E-state index < -0.39 is 17.8 Å². The van der Waals surface area contributed by atoms with E-state index in [1.54, 1.807) is 0 Å². The van der Waals surface area contributed by atoms with Gasteiger partial charge in [-0.15, -0.1) is 0 Å². The number of urea groups is 1. The van der Waals surface area contributed by atoms with Crippen LogP contribution in [0.5, 0.6) is 0 Å². The van der Waals surface area contributed by atoms with Crippen LogP contribution in [0.15, 0.2) is 29.4 Å². The third-order valence-corrected chi connectivity index (χ3v) is 6.05. The number of hydrogen-bond donors (Lipinski definition) is 2. The molecule has 2 amide bonds. The largest absolute Gasteiger partial charge is 0.417 e. The number of halogens is 3. The van der Waals surface area contributed by atoms with Gasteiger partial charge in [-0.3, -0.25) is 0 Å². The van der Waals surface area contributed by atoms with Gasteiger partial charge in [-0.05, 0) is 62.3 Å². The number of alkyl halides is 3. The van der Waals surface area contributed by atoms with Gasteiger partial charge < -0.3 is 5.32 Å². The highest BCUT2D eigenvalue weighted by molar-refractivity contribution is 5.83.